The fourth-order valence-corrected chi connectivity index (χ4v) is 1.91. The molecule has 0 aromatic carbocycles. The summed E-state index contributed by atoms with van der Waals surface area (Å²) in [6, 6.07) is 0. The van der Waals surface area contributed by atoms with Gasteiger partial charge in [-0.3, -0.25) is 9.89 Å². The van der Waals surface area contributed by atoms with Crippen LogP contribution in [0.3, 0.4) is 0 Å². The number of carbonyl (C=O) groups excluding carboxylic acids is 1. The Morgan fingerprint density at radius 2 is 2.44 bits per heavy atom. The van der Waals surface area contributed by atoms with Gasteiger partial charge in [-0.15, -0.1) is 21.5 Å². The second-order valence-electron chi connectivity index (χ2n) is 3.21. The van der Waals surface area contributed by atoms with Crippen LogP contribution in [0.1, 0.15) is 20.4 Å². The third-order valence-electron chi connectivity index (χ3n) is 1.95. The average Bonchev–Trinajstić information content (AvgIpc) is 2.89. The number of hydrogen-bond donors (Lipinski definition) is 2. The largest absolute Gasteiger partial charge is 0.352 e. The van der Waals surface area contributed by atoms with E-state index in [1.165, 1.54) is 6.20 Å². The molecule has 0 aliphatic heterocycles. The molecule has 0 unspecified atom stereocenters. The number of amides is 1. The van der Waals surface area contributed by atoms with Crippen LogP contribution in [0, 0.1) is 6.92 Å². The highest BCUT2D eigenvalue weighted by Crippen LogP contribution is 2.07. The third-order valence-corrected chi connectivity index (χ3v) is 2.85. The molecule has 16 heavy (non-hydrogen) atoms. The van der Waals surface area contributed by atoms with E-state index in [9.17, 15) is 4.79 Å². The van der Waals surface area contributed by atoms with Crippen LogP contribution in [0.4, 0.5) is 0 Å². The summed E-state index contributed by atoms with van der Waals surface area (Å²) in [6.45, 7) is 2.46. The van der Waals surface area contributed by atoms with Crippen LogP contribution in [0.25, 0.3) is 0 Å². The summed E-state index contributed by atoms with van der Waals surface area (Å²) in [7, 11) is 0. The zero-order valence-corrected chi connectivity index (χ0v) is 9.54. The first-order chi connectivity index (χ1) is 7.75. The molecule has 2 aromatic rings. The van der Waals surface area contributed by atoms with Crippen molar-refractivity contribution >= 4 is 17.2 Å². The first kappa shape index (κ1) is 10.7. The predicted octanol–water partition coefficient (Wildman–Crippen LogP) is 0.542. The quantitative estimate of drug-likeness (QED) is 0.813. The molecule has 0 bridgehead atoms. The van der Waals surface area contributed by atoms with Gasteiger partial charge in [0, 0.05) is 19.2 Å². The number of hydrogen-bond acceptors (Lipinski definition) is 5. The molecule has 0 atom stereocenters. The van der Waals surface area contributed by atoms with Crippen molar-refractivity contribution in [2.45, 2.75) is 13.3 Å². The molecule has 7 heteroatoms. The Morgan fingerprint density at radius 1 is 1.56 bits per heavy atom. The molecule has 0 saturated carbocycles. The SMILES string of the molecule is Cc1nnc(CCNC(=O)c2cn[nH]c2)s1. The van der Waals surface area contributed by atoms with Gasteiger partial charge in [0.05, 0.1) is 11.8 Å². The standard InChI is InChI=1S/C9H11N5OS/c1-6-13-14-8(16-6)2-3-10-9(15)7-4-11-12-5-7/h4-5H,2-3H2,1H3,(H,10,15)(H,11,12). The molecule has 84 valence electrons. The molecule has 0 spiro atoms. The summed E-state index contributed by atoms with van der Waals surface area (Å²) in [4.78, 5) is 11.5. The van der Waals surface area contributed by atoms with Crippen LogP contribution in [-0.4, -0.2) is 32.8 Å². The van der Waals surface area contributed by atoms with Crippen molar-refractivity contribution in [3.05, 3.63) is 28.0 Å². The third kappa shape index (κ3) is 2.63. The highest BCUT2D eigenvalue weighted by atomic mass is 32.1. The predicted molar refractivity (Wildman–Crippen MR) is 59.3 cm³/mol. The van der Waals surface area contributed by atoms with Crippen LogP contribution in [-0.2, 0) is 6.42 Å². The summed E-state index contributed by atoms with van der Waals surface area (Å²) < 4.78 is 0. The van der Waals surface area contributed by atoms with Gasteiger partial charge in [-0.1, -0.05) is 0 Å². The van der Waals surface area contributed by atoms with Gasteiger partial charge in [0.15, 0.2) is 0 Å². The maximum atomic E-state index is 11.5. The Balaban J connectivity index is 1.78. The van der Waals surface area contributed by atoms with E-state index in [4.69, 9.17) is 0 Å². The smallest absolute Gasteiger partial charge is 0.254 e. The zero-order chi connectivity index (χ0) is 11.4. The fraction of sp³-hybridized carbons (Fsp3) is 0.333. The topological polar surface area (TPSA) is 83.6 Å². The number of rotatable bonds is 4. The lowest BCUT2D eigenvalue weighted by atomic mass is 10.3. The van der Waals surface area contributed by atoms with Crippen LogP contribution in [0.15, 0.2) is 12.4 Å². The number of aromatic nitrogens is 4. The second kappa shape index (κ2) is 4.84. The Morgan fingerprint density at radius 3 is 3.06 bits per heavy atom. The minimum atomic E-state index is -0.130. The van der Waals surface area contributed by atoms with Crippen LogP contribution < -0.4 is 5.32 Å². The van der Waals surface area contributed by atoms with Crippen LogP contribution in [0.5, 0.6) is 0 Å². The van der Waals surface area contributed by atoms with Gasteiger partial charge in [0.1, 0.15) is 10.0 Å². The maximum Gasteiger partial charge on any atom is 0.254 e. The first-order valence-electron chi connectivity index (χ1n) is 4.81. The van der Waals surface area contributed by atoms with E-state index < -0.39 is 0 Å². The van der Waals surface area contributed by atoms with E-state index in [0.717, 1.165) is 10.0 Å². The number of aromatic amines is 1. The molecule has 0 saturated heterocycles. The zero-order valence-electron chi connectivity index (χ0n) is 8.73. The Kier molecular flexibility index (Phi) is 3.25. The lowest BCUT2D eigenvalue weighted by Gasteiger charge is -2.00. The summed E-state index contributed by atoms with van der Waals surface area (Å²) in [5.41, 5.74) is 0.536. The Labute approximate surface area is 96.1 Å². The molecule has 2 rings (SSSR count). The fourth-order valence-electron chi connectivity index (χ4n) is 1.20. The molecular weight excluding hydrogens is 226 g/mol. The van der Waals surface area contributed by atoms with E-state index in [1.807, 2.05) is 6.92 Å². The maximum absolute atomic E-state index is 11.5. The summed E-state index contributed by atoms with van der Waals surface area (Å²) >= 11 is 1.54. The number of nitrogens with zero attached hydrogens (tertiary/aromatic N) is 3. The van der Waals surface area contributed by atoms with E-state index in [2.05, 4.69) is 25.7 Å². The van der Waals surface area contributed by atoms with Gasteiger partial charge in [0.2, 0.25) is 0 Å². The molecule has 0 aliphatic rings. The van der Waals surface area contributed by atoms with E-state index in [-0.39, 0.29) is 5.91 Å². The molecule has 6 nitrogen and oxygen atoms in total. The molecule has 0 fully saturated rings. The van der Waals surface area contributed by atoms with Crippen molar-refractivity contribution in [2.24, 2.45) is 0 Å². The summed E-state index contributed by atoms with van der Waals surface area (Å²) in [5, 5.41) is 18.8. The van der Waals surface area contributed by atoms with E-state index >= 15 is 0 Å². The normalized spacial score (nSPS) is 10.3. The summed E-state index contributed by atoms with van der Waals surface area (Å²) in [5.74, 6) is -0.130. The van der Waals surface area contributed by atoms with Crippen molar-refractivity contribution in [3.8, 4) is 0 Å². The van der Waals surface area contributed by atoms with Gasteiger partial charge >= 0.3 is 0 Å². The van der Waals surface area contributed by atoms with E-state index in [0.29, 0.717) is 18.5 Å². The Bertz CT molecular complexity index is 464. The van der Waals surface area contributed by atoms with Crippen molar-refractivity contribution in [2.75, 3.05) is 6.54 Å². The number of aryl methyl sites for hydroxylation is 1. The van der Waals surface area contributed by atoms with E-state index in [1.54, 1.807) is 17.5 Å². The van der Waals surface area contributed by atoms with Gasteiger partial charge in [0.25, 0.3) is 5.91 Å². The van der Waals surface area contributed by atoms with Crippen molar-refractivity contribution in [3.63, 3.8) is 0 Å². The van der Waals surface area contributed by atoms with Crippen molar-refractivity contribution in [1.82, 2.24) is 25.7 Å². The molecule has 0 radical (unpaired) electrons. The minimum Gasteiger partial charge on any atom is -0.352 e. The van der Waals surface area contributed by atoms with Gasteiger partial charge in [-0.2, -0.15) is 5.10 Å². The molecule has 2 aromatic heterocycles. The lowest BCUT2D eigenvalue weighted by molar-refractivity contribution is 0.0954. The van der Waals surface area contributed by atoms with Gasteiger partial charge < -0.3 is 5.32 Å². The van der Waals surface area contributed by atoms with Crippen molar-refractivity contribution < 1.29 is 4.79 Å². The molecule has 2 heterocycles. The monoisotopic (exact) mass is 237 g/mol. The molecule has 1 amide bonds. The first-order valence-corrected chi connectivity index (χ1v) is 5.63. The highest BCUT2D eigenvalue weighted by Gasteiger charge is 2.06. The average molecular weight is 237 g/mol. The molecule has 0 aliphatic carbocycles. The van der Waals surface area contributed by atoms with Crippen LogP contribution in [0.2, 0.25) is 0 Å². The summed E-state index contributed by atoms with van der Waals surface area (Å²) in [6.07, 6.45) is 3.75. The van der Waals surface area contributed by atoms with Crippen LogP contribution >= 0.6 is 11.3 Å². The number of H-pyrrole nitrogens is 1. The van der Waals surface area contributed by atoms with Crippen molar-refractivity contribution in [1.29, 1.82) is 0 Å². The lowest BCUT2D eigenvalue weighted by Crippen LogP contribution is -2.25. The highest BCUT2D eigenvalue weighted by molar-refractivity contribution is 7.11. The molecular formula is C9H11N5OS. The Hall–Kier alpha value is -1.76. The molecule has 2 N–H and O–H groups in total. The number of carbonyl (C=O) groups is 1. The second-order valence-corrected chi connectivity index (χ2v) is 4.47. The van der Waals surface area contributed by atoms with Gasteiger partial charge in [-0.25, -0.2) is 0 Å². The minimum absolute atomic E-state index is 0.130. The van der Waals surface area contributed by atoms with Gasteiger partial charge in [-0.05, 0) is 6.92 Å². The number of nitrogens with one attached hydrogen (secondary N) is 2.